The molecular formula is C15H8N4. The SMILES string of the molecule is N#Cc1ccc(C#Cc2ccnc3[nH]ccc23)cn1. The van der Waals surface area contributed by atoms with Crippen LogP contribution >= 0.6 is 0 Å². The van der Waals surface area contributed by atoms with Crippen LogP contribution in [0.2, 0.25) is 0 Å². The normalized spacial score (nSPS) is 9.63. The Hall–Kier alpha value is -3.11. The second-order valence-corrected chi connectivity index (χ2v) is 3.89. The number of aromatic amines is 1. The van der Waals surface area contributed by atoms with Crippen LogP contribution < -0.4 is 0 Å². The zero-order valence-electron chi connectivity index (χ0n) is 9.88. The fraction of sp³-hybridized carbons (Fsp3) is 0. The third kappa shape index (κ3) is 2.15. The number of fused-ring (bicyclic) bond motifs is 1. The summed E-state index contributed by atoms with van der Waals surface area (Å²) in [6.45, 7) is 0. The van der Waals surface area contributed by atoms with Crippen molar-refractivity contribution < 1.29 is 0 Å². The number of pyridine rings is 2. The van der Waals surface area contributed by atoms with E-state index in [9.17, 15) is 0 Å². The van der Waals surface area contributed by atoms with E-state index in [-0.39, 0.29) is 0 Å². The van der Waals surface area contributed by atoms with E-state index in [4.69, 9.17) is 5.26 Å². The monoisotopic (exact) mass is 244 g/mol. The van der Waals surface area contributed by atoms with Crippen LogP contribution in [-0.4, -0.2) is 15.0 Å². The van der Waals surface area contributed by atoms with E-state index >= 15 is 0 Å². The molecule has 0 aliphatic carbocycles. The number of nitrogens with zero attached hydrogens (tertiary/aromatic N) is 3. The van der Waals surface area contributed by atoms with E-state index in [1.165, 1.54) is 0 Å². The molecule has 0 saturated heterocycles. The minimum Gasteiger partial charge on any atom is -0.346 e. The third-order valence-electron chi connectivity index (χ3n) is 2.68. The van der Waals surface area contributed by atoms with Crippen LogP contribution in [0.1, 0.15) is 16.8 Å². The molecule has 3 aromatic heterocycles. The second kappa shape index (κ2) is 4.64. The lowest BCUT2D eigenvalue weighted by Gasteiger charge is -1.93. The van der Waals surface area contributed by atoms with Gasteiger partial charge >= 0.3 is 0 Å². The van der Waals surface area contributed by atoms with Crippen molar-refractivity contribution in [2.45, 2.75) is 0 Å². The Kier molecular flexibility index (Phi) is 2.69. The molecule has 0 bridgehead atoms. The number of aromatic nitrogens is 3. The summed E-state index contributed by atoms with van der Waals surface area (Å²) in [5, 5.41) is 9.67. The molecule has 0 saturated carbocycles. The van der Waals surface area contributed by atoms with Gasteiger partial charge in [-0.1, -0.05) is 11.8 Å². The van der Waals surface area contributed by atoms with Crippen molar-refractivity contribution in [3.05, 3.63) is 59.7 Å². The average Bonchev–Trinajstić information content (AvgIpc) is 2.94. The highest BCUT2D eigenvalue weighted by molar-refractivity contribution is 5.82. The first kappa shape index (κ1) is 11.0. The fourth-order valence-corrected chi connectivity index (χ4v) is 1.74. The van der Waals surface area contributed by atoms with Crippen LogP contribution in [-0.2, 0) is 0 Å². The highest BCUT2D eigenvalue weighted by Crippen LogP contribution is 2.13. The van der Waals surface area contributed by atoms with Crippen LogP contribution in [0.5, 0.6) is 0 Å². The Morgan fingerprint density at radius 3 is 2.79 bits per heavy atom. The van der Waals surface area contributed by atoms with Gasteiger partial charge in [0.25, 0.3) is 0 Å². The molecule has 0 spiro atoms. The van der Waals surface area contributed by atoms with Crippen LogP contribution in [0.3, 0.4) is 0 Å². The highest BCUT2D eigenvalue weighted by Gasteiger charge is 1.99. The number of rotatable bonds is 0. The molecule has 0 atom stereocenters. The summed E-state index contributed by atoms with van der Waals surface area (Å²) in [6.07, 6.45) is 5.16. The Bertz CT molecular complexity index is 826. The zero-order chi connectivity index (χ0) is 13.1. The molecule has 0 aliphatic heterocycles. The summed E-state index contributed by atoms with van der Waals surface area (Å²) < 4.78 is 0. The maximum absolute atomic E-state index is 8.67. The molecule has 0 radical (unpaired) electrons. The highest BCUT2D eigenvalue weighted by atomic mass is 14.8. The van der Waals surface area contributed by atoms with Gasteiger partial charge in [-0.15, -0.1) is 0 Å². The smallest absolute Gasteiger partial charge is 0.140 e. The van der Waals surface area contributed by atoms with Crippen molar-refractivity contribution in [3.8, 4) is 17.9 Å². The summed E-state index contributed by atoms with van der Waals surface area (Å²) in [5.74, 6) is 6.13. The van der Waals surface area contributed by atoms with Gasteiger partial charge in [0.2, 0.25) is 0 Å². The van der Waals surface area contributed by atoms with Crippen molar-refractivity contribution in [2.75, 3.05) is 0 Å². The van der Waals surface area contributed by atoms with E-state index in [2.05, 4.69) is 26.8 Å². The molecule has 3 heterocycles. The summed E-state index contributed by atoms with van der Waals surface area (Å²) in [6, 6.07) is 9.24. The fourth-order valence-electron chi connectivity index (χ4n) is 1.74. The molecule has 0 aromatic carbocycles. The maximum atomic E-state index is 8.67. The van der Waals surface area contributed by atoms with Gasteiger partial charge < -0.3 is 4.98 Å². The summed E-state index contributed by atoms with van der Waals surface area (Å²) in [4.78, 5) is 11.2. The van der Waals surface area contributed by atoms with E-state index in [1.807, 2.05) is 24.4 Å². The Labute approximate surface area is 109 Å². The molecule has 4 heteroatoms. The topological polar surface area (TPSA) is 65.4 Å². The van der Waals surface area contributed by atoms with E-state index in [1.54, 1.807) is 24.5 Å². The molecule has 3 rings (SSSR count). The van der Waals surface area contributed by atoms with Crippen molar-refractivity contribution >= 4 is 11.0 Å². The van der Waals surface area contributed by atoms with Crippen molar-refractivity contribution in [1.29, 1.82) is 5.26 Å². The van der Waals surface area contributed by atoms with E-state index < -0.39 is 0 Å². The van der Waals surface area contributed by atoms with E-state index in [0.29, 0.717) is 5.69 Å². The zero-order valence-corrected chi connectivity index (χ0v) is 9.88. The number of H-pyrrole nitrogens is 1. The molecule has 1 N–H and O–H groups in total. The first-order valence-corrected chi connectivity index (χ1v) is 5.67. The van der Waals surface area contributed by atoms with Gasteiger partial charge in [0.05, 0.1) is 0 Å². The quantitative estimate of drug-likeness (QED) is 0.617. The molecule has 0 unspecified atom stereocenters. The molecule has 0 aliphatic rings. The predicted octanol–water partition coefficient (Wildman–Crippen LogP) is 2.23. The molecule has 88 valence electrons. The van der Waals surface area contributed by atoms with Gasteiger partial charge in [0, 0.05) is 35.1 Å². The predicted molar refractivity (Wildman–Crippen MR) is 71.0 cm³/mol. The molecule has 4 nitrogen and oxygen atoms in total. The minimum atomic E-state index is 0.391. The number of nitriles is 1. The van der Waals surface area contributed by atoms with Crippen LogP contribution in [0.25, 0.3) is 11.0 Å². The first-order valence-electron chi connectivity index (χ1n) is 5.67. The van der Waals surface area contributed by atoms with Crippen molar-refractivity contribution in [3.63, 3.8) is 0 Å². The third-order valence-corrected chi connectivity index (χ3v) is 2.68. The second-order valence-electron chi connectivity index (χ2n) is 3.89. The molecule has 0 amide bonds. The Morgan fingerprint density at radius 2 is 2.00 bits per heavy atom. The average molecular weight is 244 g/mol. The van der Waals surface area contributed by atoms with E-state index in [0.717, 1.165) is 22.2 Å². The lowest BCUT2D eigenvalue weighted by atomic mass is 10.2. The lowest BCUT2D eigenvalue weighted by molar-refractivity contribution is 1.25. The van der Waals surface area contributed by atoms with Gasteiger partial charge in [-0.05, 0) is 24.3 Å². The van der Waals surface area contributed by atoms with Gasteiger partial charge in [0.15, 0.2) is 0 Å². The molecule has 3 aromatic rings. The van der Waals surface area contributed by atoms with Crippen LogP contribution in [0, 0.1) is 23.2 Å². The van der Waals surface area contributed by atoms with Crippen molar-refractivity contribution in [2.24, 2.45) is 0 Å². The first-order chi connectivity index (χ1) is 9.36. The molecule has 19 heavy (non-hydrogen) atoms. The molecule has 0 fully saturated rings. The largest absolute Gasteiger partial charge is 0.346 e. The Morgan fingerprint density at radius 1 is 1.05 bits per heavy atom. The van der Waals surface area contributed by atoms with Crippen molar-refractivity contribution in [1.82, 2.24) is 15.0 Å². The van der Waals surface area contributed by atoms with Gasteiger partial charge in [-0.25, -0.2) is 9.97 Å². The lowest BCUT2D eigenvalue weighted by Crippen LogP contribution is -1.84. The summed E-state index contributed by atoms with van der Waals surface area (Å²) in [7, 11) is 0. The maximum Gasteiger partial charge on any atom is 0.140 e. The number of hydrogen-bond acceptors (Lipinski definition) is 3. The number of nitrogens with one attached hydrogen (secondary N) is 1. The number of hydrogen-bond donors (Lipinski definition) is 1. The standard InChI is InChI=1S/C15H8N4/c16-9-13-4-2-11(10-19-13)1-3-12-5-7-17-15-14(12)6-8-18-15/h2,4-8,10H,(H,17,18). The summed E-state index contributed by atoms with van der Waals surface area (Å²) in [5.41, 5.74) is 2.90. The Balaban J connectivity index is 1.99. The van der Waals surface area contributed by atoms with Crippen LogP contribution in [0.15, 0.2) is 42.9 Å². The van der Waals surface area contributed by atoms with Crippen LogP contribution in [0.4, 0.5) is 0 Å². The van der Waals surface area contributed by atoms with Gasteiger partial charge in [0.1, 0.15) is 17.4 Å². The van der Waals surface area contributed by atoms with Gasteiger partial charge in [-0.2, -0.15) is 5.26 Å². The minimum absolute atomic E-state index is 0.391. The van der Waals surface area contributed by atoms with Gasteiger partial charge in [-0.3, -0.25) is 0 Å². The molecular weight excluding hydrogens is 236 g/mol. The summed E-state index contributed by atoms with van der Waals surface area (Å²) >= 11 is 0.